The summed E-state index contributed by atoms with van der Waals surface area (Å²) in [6, 6.07) is 9.38. The van der Waals surface area contributed by atoms with Crippen molar-refractivity contribution in [1.29, 1.82) is 5.26 Å². The van der Waals surface area contributed by atoms with Gasteiger partial charge < -0.3 is 5.32 Å². The third-order valence-electron chi connectivity index (χ3n) is 2.40. The van der Waals surface area contributed by atoms with Gasteiger partial charge in [-0.05, 0) is 46.3 Å². The monoisotopic (exact) mass is 358 g/mol. The predicted molar refractivity (Wildman–Crippen MR) is 78.6 cm³/mol. The van der Waals surface area contributed by atoms with Crippen molar-refractivity contribution in [3.05, 3.63) is 56.2 Å². The number of hydrogen-bond donors (Lipinski definition) is 1. The fourth-order valence-electron chi connectivity index (χ4n) is 1.45. The fraction of sp³-hybridized carbons (Fsp3) is 0. The van der Waals surface area contributed by atoms with Crippen LogP contribution < -0.4 is 5.32 Å². The summed E-state index contributed by atoms with van der Waals surface area (Å²) >= 11 is 15.3. The minimum atomic E-state index is -0.533. The van der Waals surface area contributed by atoms with Crippen molar-refractivity contribution in [2.24, 2.45) is 0 Å². The van der Waals surface area contributed by atoms with Crippen LogP contribution in [-0.2, 0) is 0 Å². The Morgan fingerprint density at radius 3 is 2.42 bits per heavy atom. The Bertz CT molecular complexity index is 683. The Morgan fingerprint density at radius 1 is 1.11 bits per heavy atom. The van der Waals surface area contributed by atoms with Gasteiger partial charge in [0.2, 0.25) is 0 Å². The summed E-state index contributed by atoms with van der Waals surface area (Å²) in [6.07, 6.45) is 0. The van der Waals surface area contributed by atoms with Crippen molar-refractivity contribution in [2.45, 2.75) is 0 Å². The van der Waals surface area contributed by atoms with E-state index in [1.807, 2.05) is 6.07 Å². The first-order chi connectivity index (χ1) is 9.02. The zero-order chi connectivity index (χ0) is 14.0. The van der Waals surface area contributed by atoms with Crippen LogP contribution in [0.4, 0.5) is 15.8 Å². The highest BCUT2D eigenvalue weighted by molar-refractivity contribution is 9.10. The molecule has 0 spiro atoms. The first-order valence-corrected chi connectivity index (χ1v) is 6.68. The van der Waals surface area contributed by atoms with Gasteiger partial charge in [0.25, 0.3) is 0 Å². The number of rotatable bonds is 2. The summed E-state index contributed by atoms with van der Waals surface area (Å²) in [4.78, 5) is 0. The quantitative estimate of drug-likeness (QED) is 0.717. The maximum Gasteiger partial charge on any atom is 0.147 e. The molecule has 0 saturated carbocycles. The van der Waals surface area contributed by atoms with Gasteiger partial charge in [0.15, 0.2) is 0 Å². The van der Waals surface area contributed by atoms with Gasteiger partial charge in [-0.25, -0.2) is 4.39 Å². The number of halogens is 4. The van der Waals surface area contributed by atoms with E-state index in [-0.39, 0.29) is 11.3 Å². The summed E-state index contributed by atoms with van der Waals surface area (Å²) < 4.78 is 14.4. The molecule has 0 bridgehead atoms. The summed E-state index contributed by atoms with van der Waals surface area (Å²) in [5.41, 5.74) is 0.959. The smallest absolute Gasteiger partial charge is 0.147 e. The van der Waals surface area contributed by atoms with Crippen molar-refractivity contribution < 1.29 is 4.39 Å². The van der Waals surface area contributed by atoms with Crippen molar-refractivity contribution >= 4 is 50.5 Å². The second-order valence-corrected chi connectivity index (χ2v) is 5.26. The number of benzene rings is 2. The molecule has 0 fully saturated rings. The molecule has 0 saturated heterocycles. The van der Waals surface area contributed by atoms with Crippen molar-refractivity contribution in [2.75, 3.05) is 5.32 Å². The van der Waals surface area contributed by atoms with Crippen molar-refractivity contribution in [1.82, 2.24) is 0 Å². The lowest BCUT2D eigenvalue weighted by atomic mass is 10.2. The predicted octanol–water partition coefficient (Wildman–Crippen LogP) is 5.51. The molecule has 2 rings (SSSR count). The van der Waals surface area contributed by atoms with E-state index in [4.69, 9.17) is 28.5 Å². The molecule has 1 N–H and O–H groups in total. The average Bonchev–Trinajstić information content (AvgIpc) is 2.41. The molecule has 0 unspecified atom stereocenters. The van der Waals surface area contributed by atoms with Gasteiger partial charge in [0.1, 0.15) is 5.82 Å². The molecule has 2 aromatic rings. The van der Waals surface area contributed by atoms with E-state index >= 15 is 0 Å². The molecular weight excluding hydrogens is 354 g/mol. The van der Waals surface area contributed by atoms with E-state index in [0.717, 1.165) is 6.07 Å². The number of nitriles is 1. The van der Waals surface area contributed by atoms with Gasteiger partial charge >= 0.3 is 0 Å². The Labute approximate surface area is 127 Å². The third-order valence-corrected chi connectivity index (χ3v) is 4.17. The van der Waals surface area contributed by atoms with Gasteiger partial charge in [-0.3, -0.25) is 0 Å². The second-order valence-electron chi connectivity index (χ2n) is 3.65. The Hall–Kier alpha value is -1.28. The number of hydrogen-bond acceptors (Lipinski definition) is 2. The lowest BCUT2D eigenvalue weighted by Gasteiger charge is -2.11. The molecule has 6 heteroatoms. The minimum absolute atomic E-state index is 0.222. The molecular formula is C13H6BrCl2FN2. The first-order valence-electron chi connectivity index (χ1n) is 5.13. The summed E-state index contributed by atoms with van der Waals surface area (Å²) in [6.45, 7) is 0. The zero-order valence-corrected chi connectivity index (χ0v) is 12.4. The van der Waals surface area contributed by atoms with Crippen LogP contribution in [0.25, 0.3) is 0 Å². The van der Waals surface area contributed by atoms with Crippen LogP contribution in [-0.4, -0.2) is 0 Å². The molecule has 0 atom stereocenters. The molecule has 0 aliphatic rings. The topological polar surface area (TPSA) is 35.8 Å². The van der Waals surface area contributed by atoms with Crippen LogP contribution in [0.3, 0.4) is 0 Å². The first kappa shape index (κ1) is 14.1. The molecule has 0 aromatic heterocycles. The lowest BCUT2D eigenvalue weighted by Crippen LogP contribution is -1.95. The van der Waals surface area contributed by atoms with E-state index in [0.29, 0.717) is 20.2 Å². The van der Waals surface area contributed by atoms with Gasteiger partial charge in [-0.1, -0.05) is 23.2 Å². The highest BCUT2D eigenvalue weighted by Crippen LogP contribution is 2.37. The summed E-state index contributed by atoms with van der Waals surface area (Å²) in [5.74, 6) is -0.533. The second kappa shape index (κ2) is 5.79. The molecule has 0 heterocycles. The van der Waals surface area contributed by atoms with Crippen LogP contribution in [0.15, 0.2) is 34.8 Å². The van der Waals surface area contributed by atoms with E-state index in [9.17, 15) is 4.39 Å². The van der Waals surface area contributed by atoms with Crippen LogP contribution in [0.5, 0.6) is 0 Å². The zero-order valence-electron chi connectivity index (χ0n) is 9.35. The maximum atomic E-state index is 13.7. The Morgan fingerprint density at radius 2 is 1.79 bits per heavy atom. The molecule has 0 radical (unpaired) electrons. The molecule has 0 aliphatic carbocycles. The normalized spacial score (nSPS) is 10.1. The molecule has 0 amide bonds. The summed E-state index contributed by atoms with van der Waals surface area (Å²) in [7, 11) is 0. The minimum Gasteiger partial charge on any atom is -0.352 e. The van der Waals surface area contributed by atoms with E-state index in [1.165, 1.54) is 12.1 Å². The number of nitrogens with zero attached hydrogens (tertiary/aromatic N) is 1. The molecule has 2 nitrogen and oxygen atoms in total. The fourth-order valence-corrected chi connectivity index (χ4v) is 2.27. The maximum absolute atomic E-state index is 13.7. The molecule has 2 aromatic carbocycles. The van der Waals surface area contributed by atoms with Gasteiger partial charge in [-0.2, -0.15) is 5.26 Å². The van der Waals surface area contributed by atoms with Gasteiger partial charge in [0, 0.05) is 4.47 Å². The van der Waals surface area contributed by atoms with Crippen LogP contribution in [0, 0.1) is 17.1 Å². The van der Waals surface area contributed by atoms with E-state index in [1.54, 1.807) is 12.1 Å². The molecule has 96 valence electrons. The summed E-state index contributed by atoms with van der Waals surface area (Å²) in [5, 5.41) is 12.2. The Kier molecular flexibility index (Phi) is 4.31. The largest absolute Gasteiger partial charge is 0.352 e. The van der Waals surface area contributed by atoms with E-state index in [2.05, 4.69) is 21.2 Å². The Balaban J connectivity index is 2.37. The standard InChI is InChI=1S/C13H6BrCl2FN2/c14-8-2-4-11(13(16)12(8)15)19-10-3-1-7(6-18)5-9(10)17/h1-5,19H. The van der Waals surface area contributed by atoms with Crippen molar-refractivity contribution in [3.8, 4) is 6.07 Å². The van der Waals surface area contributed by atoms with Gasteiger partial charge in [-0.15, -0.1) is 0 Å². The van der Waals surface area contributed by atoms with Gasteiger partial charge in [0.05, 0.1) is 33.1 Å². The van der Waals surface area contributed by atoms with Crippen molar-refractivity contribution in [3.63, 3.8) is 0 Å². The molecule has 0 aliphatic heterocycles. The van der Waals surface area contributed by atoms with Crippen LogP contribution >= 0.6 is 39.1 Å². The van der Waals surface area contributed by atoms with E-state index < -0.39 is 5.82 Å². The van der Waals surface area contributed by atoms with Crippen LogP contribution in [0.2, 0.25) is 10.0 Å². The number of nitrogens with one attached hydrogen (secondary N) is 1. The lowest BCUT2D eigenvalue weighted by molar-refractivity contribution is 0.631. The highest BCUT2D eigenvalue weighted by atomic mass is 79.9. The number of anilines is 2. The average molecular weight is 360 g/mol. The molecule has 19 heavy (non-hydrogen) atoms. The highest BCUT2D eigenvalue weighted by Gasteiger charge is 2.10. The third kappa shape index (κ3) is 3.01. The SMILES string of the molecule is N#Cc1ccc(Nc2ccc(Br)c(Cl)c2Cl)c(F)c1. The van der Waals surface area contributed by atoms with Crippen LogP contribution in [0.1, 0.15) is 5.56 Å².